The molecule has 19 heavy (non-hydrogen) atoms. The average molecular weight is 265 g/mol. The van der Waals surface area contributed by atoms with E-state index in [4.69, 9.17) is 4.74 Å². The second-order valence-corrected chi connectivity index (χ2v) is 7.11. The summed E-state index contributed by atoms with van der Waals surface area (Å²) in [4.78, 5) is 2.28. The highest BCUT2D eigenvalue weighted by Crippen LogP contribution is 2.71. The topological polar surface area (TPSA) is 59.7 Å². The molecule has 0 bridgehead atoms. The van der Waals surface area contributed by atoms with Crippen molar-refractivity contribution in [3.8, 4) is 6.07 Å². The molecule has 5 heteroatoms. The molecule has 2 heterocycles. The number of ether oxygens (including phenoxy) is 1. The zero-order chi connectivity index (χ0) is 14.1. The van der Waals surface area contributed by atoms with E-state index in [1.807, 2.05) is 27.7 Å². The molecule has 0 aromatic carbocycles. The smallest absolute Gasteiger partial charge is 0.119 e. The fourth-order valence-corrected chi connectivity index (χ4v) is 4.81. The molecule has 0 aromatic rings. The normalized spacial score (nSPS) is 44.6. The Bertz CT molecular complexity index is 412. The number of nitrogens with zero attached hydrogens (tertiary/aromatic N) is 3. The predicted octanol–water partition coefficient (Wildman–Crippen LogP) is 1.09. The van der Waals surface area contributed by atoms with Gasteiger partial charge in [-0.05, 0) is 27.7 Å². The molecule has 0 aromatic heterocycles. The van der Waals surface area contributed by atoms with Gasteiger partial charge in [-0.2, -0.15) is 10.3 Å². The Kier molecular flexibility index (Phi) is 2.60. The number of rotatable bonds is 1. The minimum atomic E-state index is -0.421. The van der Waals surface area contributed by atoms with Gasteiger partial charge in [-0.3, -0.25) is 4.90 Å². The Balaban J connectivity index is 1.98. The predicted molar refractivity (Wildman–Crippen MR) is 69.5 cm³/mol. The first kappa shape index (κ1) is 13.3. The molecule has 1 N–H and O–H groups in total. The molecule has 2 saturated heterocycles. The number of morpholine rings is 1. The summed E-state index contributed by atoms with van der Waals surface area (Å²) < 4.78 is 5.40. The van der Waals surface area contributed by atoms with Gasteiger partial charge in [0.25, 0.3) is 0 Å². The van der Waals surface area contributed by atoms with Crippen LogP contribution in [0.3, 0.4) is 0 Å². The van der Waals surface area contributed by atoms with E-state index in [0.29, 0.717) is 13.2 Å². The first-order chi connectivity index (χ1) is 8.81. The van der Waals surface area contributed by atoms with Crippen LogP contribution in [0.15, 0.2) is 0 Å². The second kappa shape index (κ2) is 3.70. The van der Waals surface area contributed by atoms with E-state index in [-0.39, 0.29) is 22.9 Å². The van der Waals surface area contributed by atoms with Crippen LogP contribution in [0.5, 0.6) is 0 Å². The van der Waals surface area contributed by atoms with Crippen LogP contribution in [-0.2, 0) is 4.74 Å². The number of fused-ring (bicyclic) bond motifs is 1. The Labute approximate surface area is 114 Å². The molecule has 3 aliphatic rings. The summed E-state index contributed by atoms with van der Waals surface area (Å²) in [7, 11) is 0. The summed E-state index contributed by atoms with van der Waals surface area (Å²) in [5.74, 6) is 0.395. The molecular weight excluding hydrogens is 242 g/mol. The van der Waals surface area contributed by atoms with Gasteiger partial charge in [0.05, 0.1) is 19.3 Å². The number of piperidine rings is 1. The monoisotopic (exact) mass is 265 g/mol. The third-order valence-corrected chi connectivity index (χ3v) is 5.50. The molecule has 2 atom stereocenters. The molecule has 0 radical (unpaired) electrons. The fraction of sp³-hybridized carbons (Fsp3) is 0.929. The molecule has 5 nitrogen and oxygen atoms in total. The maximum Gasteiger partial charge on any atom is 0.119 e. The number of nitriles is 1. The molecule has 2 unspecified atom stereocenters. The minimum absolute atomic E-state index is 0.197. The lowest BCUT2D eigenvalue weighted by Gasteiger charge is -2.45. The Morgan fingerprint density at radius 1 is 1.11 bits per heavy atom. The van der Waals surface area contributed by atoms with E-state index < -0.39 is 5.54 Å². The Morgan fingerprint density at radius 3 is 2.00 bits per heavy atom. The Hall–Kier alpha value is -0.670. The quantitative estimate of drug-likeness (QED) is 0.769. The van der Waals surface area contributed by atoms with Crippen LogP contribution in [0.1, 0.15) is 27.7 Å². The van der Waals surface area contributed by atoms with Crippen molar-refractivity contribution >= 4 is 0 Å². The number of hydrogen-bond acceptors (Lipinski definition) is 5. The molecule has 2 aliphatic heterocycles. The van der Waals surface area contributed by atoms with Gasteiger partial charge < -0.3 is 9.94 Å². The molecule has 3 rings (SSSR count). The highest BCUT2D eigenvalue weighted by molar-refractivity contribution is 5.41. The highest BCUT2D eigenvalue weighted by atomic mass is 16.5. The van der Waals surface area contributed by atoms with Crippen LogP contribution >= 0.6 is 0 Å². The minimum Gasteiger partial charge on any atom is -0.379 e. The van der Waals surface area contributed by atoms with Gasteiger partial charge in [-0.15, -0.1) is 0 Å². The zero-order valence-electron chi connectivity index (χ0n) is 12.2. The lowest BCUT2D eigenvalue weighted by molar-refractivity contribution is -0.217. The molecule has 1 saturated carbocycles. The van der Waals surface area contributed by atoms with Gasteiger partial charge in [0.15, 0.2) is 0 Å². The van der Waals surface area contributed by atoms with Crippen LogP contribution in [-0.4, -0.2) is 58.1 Å². The Morgan fingerprint density at radius 2 is 1.58 bits per heavy atom. The van der Waals surface area contributed by atoms with Crippen molar-refractivity contribution in [1.29, 1.82) is 5.26 Å². The van der Waals surface area contributed by atoms with Crippen molar-refractivity contribution in [2.45, 2.75) is 44.3 Å². The van der Waals surface area contributed by atoms with Crippen molar-refractivity contribution in [2.24, 2.45) is 11.8 Å². The van der Waals surface area contributed by atoms with Gasteiger partial charge >= 0.3 is 0 Å². The summed E-state index contributed by atoms with van der Waals surface area (Å²) in [5, 5.41) is 21.7. The maximum atomic E-state index is 10.4. The molecule has 3 fully saturated rings. The fourth-order valence-electron chi connectivity index (χ4n) is 4.81. The van der Waals surface area contributed by atoms with Crippen LogP contribution in [0.25, 0.3) is 0 Å². The van der Waals surface area contributed by atoms with E-state index in [0.717, 1.165) is 13.1 Å². The van der Waals surface area contributed by atoms with E-state index in [1.165, 1.54) is 5.06 Å². The van der Waals surface area contributed by atoms with Crippen molar-refractivity contribution < 1.29 is 9.94 Å². The molecule has 1 aliphatic carbocycles. The van der Waals surface area contributed by atoms with Crippen LogP contribution in [0.2, 0.25) is 0 Å². The summed E-state index contributed by atoms with van der Waals surface area (Å²) in [6.07, 6.45) is 0. The first-order valence-electron chi connectivity index (χ1n) is 7.04. The number of hydrogen-bond donors (Lipinski definition) is 1. The van der Waals surface area contributed by atoms with Gasteiger partial charge in [0.2, 0.25) is 0 Å². The molecule has 0 amide bonds. The third kappa shape index (κ3) is 1.38. The van der Waals surface area contributed by atoms with Crippen molar-refractivity contribution in [3.05, 3.63) is 0 Å². The van der Waals surface area contributed by atoms with Gasteiger partial charge in [0.1, 0.15) is 5.54 Å². The largest absolute Gasteiger partial charge is 0.379 e. The molecule has 0 spiro atoms. The van der Waals surface area contributed by atoms with Crippen LogP contribution in [0, 0.1) is 23.2 Å². The maximum absolute atomic E-state index is 10.4. The summed E-state index contributed by atoms with van der Waals surface area (Å²) in [6.45, 7) is 11.2. The van der Waals surface area contributed by atoms with E-state index in [2.05, 4.69) is 11.0 Å². The first-order valence-corrected chi connectivity index (χ1v) is 7.04. The van der Waals surface area contributed by atoms with Crippen molar-refractivity contribution in [3.63, 3.8) is 0 Å². The van der Waals surface area contributed by atoms with Gasteiger partial charge in [-0.1, -0.05) is 0 Å². The lowest BCUT2D eigenvalue weighted by Crippen LogP contribution is -2.59. The van der Waals surface area contributed by atoms with E-state index >= 15 is 0 Å². The lowest BCUT2D eigenvalue weighted by atomic mass is 9.90. The SMILES string of the molecule is CC1(C)C2C(C(C)(C)N1O)C2(C#N)N1CCOCC1. The zero-order valence-corrected chi connectivity index (χ0v) is 12.2. The van der Waals surface area contributed by atoms with Gasteiger partial charge in [-0.25, -0.2) is 0 Å². The second-order valence-electron chi connectivity index (χ2n) is 7.11. The highest BCUT2D eigenvalue weighted by Gasteiger charge is 2.84. The standard InChI is InChI=1S/C14H23N3O2/c1-12(2)10-11(13(3,4)17(12)18)14(10,9-15)16-5-7-19-8-6-16/h10-11,18H,5-8H2,1-4H3. The summed E-state index contributed by atoms with van der Waals surface area (Å²) >= 11 is 0. The van der Waals surface area contributed by atoms with Crippen LogP contribution in [0.4, 0.5) is 0 Å². The van der Waals surface area contributed by atoms with E-state index in [9.17, 15) is 10.5 Å². The molecule has 106 valence electrons. The summed E-state index contributed by atoms with van der Waals surface area (Å²) in [5.41, 5.74) is -1.14. The van der Waals surface area contributed by atoms with E-state index in [1.54, 1.807) is 0 Å². The summed E-state index contributed by atoms with van der Waals surface area (Å²) in [6, 6.07) is 2.59. The number of hydroxylamine groups is 2. The van der Waals surface area contributed by atoms with Crippen LogP contribution < -0.4 is 0 Å². The van der Waals surface area contributed by atoms with Gasteiger partial charge in [0, 0.05) is 36.0 Å². The van der Waals surface area contributed by atoms with Crippen molar-refractivity contribution in [1.82, 2.24) is 9.96 Å². The average Bonchev–Trinajstić information content (AvgIpc) is 3.07. The van der Waals surface area contributed by atoms with Crippen molar-refractivity contribution in [2.75, 3.05) is 26.3 Å². The third-order valence-electron chi connectivity index (χ3n) is 5.50. The molecular formula is C14H23N3O2.